The van der Waals surface area contributed by atoms with Gasteiger partial charge in [-0.15, -0.1) is 6.42 Å². The molecule has 3 aliphatic heterocycles. The molecular weight excluding hydrogens is 404 g/mol. The molecular formula is C24H28N6O2. The summed E-state index contributed by atoms with van der Waals surface area (Å²) in [6, 6.07) is 7.82. The number of fused-ring (bicyclic) bond motifs is 3. The van der Waals surface area contributed by atoms with Crippen LogP contribution in [0.1, 0.15) is 37.2 Å². The van der Waals surface area contributed by atoms with Gasteiger partial charge in [-0.2, -0.15) is 5.10 Å². The van der Waals surface area contributed by atoms with Gasteiger partial charge in [0.1, 0.15) is 12.5 Å². The van der Waals surface area contributed by atoms with Crippen molar-refractivity contribution in [2.24, 2.45) is 0 Å². The molecule has 1 fully saturated rings. The van der Waals surface area contributed by atoms with Crippen molar-refractivity contribution in [3.63, 3.8) is 0 Å². The summed E-state index contributed by atoms with van der Waals surface area (Å²) >= 11 is 0. The molecule has 0 spiro atoms. The van der Waals surface area contributed by atoms with Gasteiger partial charge in [-0.05, 0) is 43.2 Å². The second-order valence-corrected chi connectivity index (χ2v) is 8.73. The van der Waals surface area contributed by atoms with Crippen molar-refractivity contribution >= 4 is 5.57 Å². The van der Waals surface area contributed by atoms with Crippen molar-refractivity contribution in [2.45, 2.75) is 45.1 Å². The molecule has 0 bridgehead atoms. The van der Waals surface area contributed by atoms with E-state index in [0.717, 1.165) is 36.3 Å². The number of benzene rings is 1. The lowest BCUT2D eigenvalue weighted by Crippen LogP contribution is -2.53. The van der Waals surface area contributed by atoms with Crippen LogP contribution in [0.3, 0.4) is 0 Å². The summed E-state index contributed by atoms with van der Waals surface area (Å²) in [7, 11) is 0. The molecule has 1 aromatic heterocycles. The molecule has 4 heterocycles. The normalized spacial score (nSPS) is 28.1. The largest absolute Gasteiger partial charge is 0.373 e. The number of hydrogen-bond donors (Lipinski definition) is 2. The zero-order valence-corrected chi connectivity index (χ0v) is 18.3. The van der Waals surface area contributed by atoms with Crippen molar-refractivity contribution in [1.82, 2.24) is 29.9 Å². The Hall–Kier alpha value is -2.96. The van der Waals surface area contributed by atoms with E-state index in [1.54, 1.807) is 4.68 Å². The Kier molecular flexibility index (Phi) is 5.57. The predicted octanol–water partition coefficient (Wildman–Crippen LogP) is 1.53. The van der Waals surface area contributed by atoms with Gasteiger partial charge >= 0.3 is 0 Å². The summed E-state index contributed by atoms with van der Waals surface area (Å²) in [5, 5.41) is 18.8. The maximum Gasteiger partial charge on any atom is 0.210 e. The van der Waals surface area contributed by atoms with Crippen LogP contribution in [-0.2, 0) is 11.3 Å². The highest BCUT2D eigenvalue weighted by Crippen LogP contribution is 2.34. The molecule has 32 heavy (non-hydrogen) atoms. The van der Waals surface area contributed by atoms with Gasteiger partial charge < -0.3 is 15.2 Å². The summed E-state index contributed by atoms with van der Waals surface area (Å²) in [5.74, 6) is 3.32. The molecule has 2 N–H and O–H groups in total. The Morgan fingerprint density at radius 3 is 2.66 bits per heavy atom. The van der Waals surface area contributed by atoms with Crippen LogP contribution in [0.5, 0.6) is 0 Å². The number of rotatable bonds is 4. The fraction of sp³-hybridized carbons (Fsp3) is 0.417. The summed E-state index contributed by atoms with van der Waals surface area (Å²) in [5.41, 5.74) is 4.06. The van der Waals surface area contributed by atoms with Crippen molar-refractivity contribution in [2.75, 3.05) is 19.6 Å². The Bertz CT molecular complexity index is 1070. The molecule has 1 aromatic carbocycles. The molecule has 0 amide bonds. The van der Waals surface area contributed by atoms with Gasteiger partial charge in [0, 0.05) is 43.5 Å². The van der Waals surface area contributed by atoms with Crippen LogP contribution in [0.2, 0.25) is 0 Å². The zero-order valence-electron chi connectivity index (χ0n) is 18.3. The minimum Gasteiger partial charge on any atom is -0.373 e. The number of morpholine rings is 1. The second kappa shape index (κ2) is 8.52. The molecule has 4 atom stereocenters. The van der Waals surface area contributed by atoms with E-state index in [-0.39, 0.29) is 18.4 Å². The number of aliphatic hydroxyl groups excluding tert-OH is 1. The molecule has 1 saturated heterocycles. The average Bonchev–Trinajstić information content (AvgIpc) is 3.27. The van der Waals surface area contributed by atoms with Crippen LogP contribution in [0.25, 0.3) is 5.57 Å². The Balaban J connectivity index is 1.40. The van der Waals surface area contributed by atoms with Gasteiger partial charge in [0.2, 0.25) is 6.35 Å². The third kappa shape index (κ3) is 3.96. The first-order valence-electron chi connectivity index (χ1n) is 11.0. The number of nitrogens with zero attached hydrogens (tertiary/aromatic N) is 5. The number of hydrogen-bond acceptors (Lipinski definition) is 7. The van der Waals surface area contributed by atoms with Crippen LogP contribution < -0.4 is 5.32 Å². The topological polar surface area (TPSA) is 78.7 Å². The maximum atomic E-state index is 11.0. The van der Waals surface area contributed by atoms with Gasteiger partial charge in [-0.3, -0.25) is 4.90 Å². The van der Waals surface area contributed by atoms with E-state index in [1.807, 2.05) is 35.4 Å². The molecule has 0 aliphatic carbocycles. The third-order valence-corrected chi connectivity index (χ3v) is 6.13. The van der Waals surface area contributed by atoms with E-state index >= 15 is 0 Å². The van der Waals surface area contributed by atoms with Gasteiger partial charge in [0.05, 0.1) is 12.2 Å². The highest BCUT2D eigenvalue weighted by Gasteiger charge is 2.39. The van der Waals surface area contributed by atoms with Crippen LogP contribution in [-0.4, -0.2) is 67.7 Å². The first-order valence-corrected chi connectivity index (χ1v) is 11.0. The average molecular weight is 433 g/mol. The van der Waals surface area contributed by atoms with Crippen molar-refractivity contribution in [3.8, 4) is 12.3 Å². The Morgan fingerprint density at radius 2 is 1.94 bits per heavy atom. The number of terminal acetylenes is 1. The highest BCUT2D eigenvalue weighted by atomic mass is 16.5. The van der Waals surface area contributed by atoms with E-state index in [2.05, 4.69) is 46.1 Å². The molecule has 2 unspecified atom stereocenters. The summed E-state index contributed by atoms with van der Waals surface area (Å²) < 4.78 is 7.44. The number of aromatic nitrogens is 3. The van der Waals surface area contributed by atoms with Gasteiger partial charge in [0.25, 0.3) is 0 Å². The smallest absolute Gasteiger partial charge is 0.210 e. The Labute approximate surface area is 188 Å². The standard InChI is InChI=1S/C24H28N6O2/c1-4-18-5-7-19(8-6-18)14-29-22-21(23-26-15-27-30(23)24(29)31)9-20(10-25-22)13-28-11-16(2)32-17(3)12-28/h1,5-10,15-17,22,24-25,31H,11-14H2,2-3H3/t16-,17+,22?,24?. The lowest BCUT2D eigenvalue weighted by molar-refractivity contribution is -0.0942. The van der Waals surface area contributed by atoms with Crippen LogP contribution in [0.15, 0.2) is 48.4 Å². The molecule has 8 heteroatoms. The first-order chi connectivity index (χ1) is 15.5. The summed E-state index contributed by atoms with van der Waals surface area (Å²) in [6.07, 6.45) is 10.5. The van der Waals surface area contributed by atoms with Crippen LogP contribution in [0, 0.1) is 12.3 Å². The van der Waals surface area contributed by atoms with Gasteiger partial charge in [-0.1, -0.05) is 18.1 Å². The van der Waals surface area contributed by atoms with E-state index in [0.29, 0.717) is 12.4 Å². The number of nitrogens with one attached hydrogen (secondary N) is 1. The number of aliphatic hydroxyl groups is 1. The second-order valence-electron chi connectivity index (χ2n) is 8.73. The highest BCUT2D eigenvalue weighted by molar-refractivity contribution is 5.70. The van der Waals surface area contributed by atoms with Crippen molar-refractivity contribution in [3.05, 3.63) is 65.4 Å². The van der Waals surface area contributed by atoms with E-state index < -0.39 is 6.35 Å². The molecule has 0 radical (unpaired) electrons. The summed E-state index contributed by atoms with van der Waals surface area (Å²) in [4.78, 5) is 8.81. The molecule has 166 valence electrons. The lowest BCUT2D eigenvalue weighted by atomic mass is 10.0. The van der Waals surface area contributed by atoms with Crippen molar-refractivity contribution in [1.29, 1.82) is 0 Å². The monoisotopic (exact) mass is 432 g/mol. The van der Waals surface area contributed by atoms with Crippen LogP contribution in [0.4, 0.5) is 0 Å². The molecule has 2 aromatic rings. The fourth-order valence-corrected chi connectivity index (χ4v) is 4.81. The minimum absolute atomic E-state index is 0.208. The fourth-order valence-electron chi connectivity index (χ4n) is 4.81. The Morgan fingerprint density at radius 1 is 1.19 bits per heavy atom. The van der Waals surface area contributed by atoms with Gasteiger partial charge in [0.15, 0.2) is 5.82 Å². The molecule has 0 saturated carbocycles. The first kappa shape index (κ1) is 20.9. The number of dihydropyridines is 1. The molecule has 5 rings (SSSR count). The minimum atomic E-state index is -0.926. The van der Waals surface area contributed by atoms with Crippen LogP contribution >= 0.6 is 0 Å². The predicted molar refractivity (Wildman–Crippen MR) is 121 cm³/mol. The maximum absolute atomic E-state index is 11.0. The SMILES string of the molecule is C#Cc1ccc(CN2C3NC=C(CN4C[C@@H](C)O[C@@H](C)C4)C=C3c3ncnn3C2O)cc1. The third-order valence-electron chi connectivity index (χ3n) is 6.13. The van der Waals surface area contributed by atoms with E-state index in [4.69, 9.17) is 11.2 Å². The molecule has 8 nitrogen and oxygen atoms in total. The summed E-state index contributed by atoms with van der Waals surface area (Å²) in [6.45, 7) is 7.40. The van der Waals surface area contributed by atoms with Crippen molar-refractivity contribution < 1.29 is 9.84 Å². The number of ether oxygens (including phenoxy) is 1. The van der Waals surface area contributed by atoms with Gasteiger partial charge in [-0.25, -0.2) is 14.6 Å². The molecule has 3 aliphatic rings. The van der Waals surface area contributed by atoms with E-state index in [1.165, 1.54) is 11.9 Å². The van der Waals surface area contributed by atoms with E-state index in [9.17, 15) is 5.11 Å². The zero-order chi connectivity index (χ0) is 22.2. The lowest BCUT2D eigenvalue weighted by Gasteiger charge is -2.42. The quantitative estimate of drug-likeness (QED) is 0.710.